The van der Waals surface area contributed by atoms with Gasteiger partial charge in [0.15, 0.2) is 0 Å². The largest absolute Gasteiger partial charge is 0.281 e. The predicted molar refractivity (Wildman–Crippen MR) is 109 cm³/mol. The van der Waals surface area contributed by atoms with Crippen LogP contribution in [0.25, 0.3) is 0 Å². The number of benzene rings is 2. The molecule has 1 aliphatic rings. The van der Waals surface area contributed by atoms with Gasteiger partial charge in [-0.15, -0.1) is 0 Å². The maximum atomic E-state index is 5.03. The topological polar surface area (TPSA) is 12.4 Å². The van der Waals surface area contributed by atoms with E-state index in [9.17, 15) is 0 Å². The van der Waals surface area contributed by atoms with Crippen LogP contribution in [0.5, 0.6) is 0 Å². The number of nitrogens with zero attached hydrogens (tertiary/aromatic N) is 1. The van der Waals surface area contributed by atoms with Crippen molar-refractivity contribution < 1.29 is 0 Å². The second-order valence-corrected chi connectivity index (χ2v) is 9.33. The molecule has 0 N–H and O–H groups in total. The first-order chi connectivity index (χ1) is 11.6. The van der Waals surface area contributed by atoms with Crippen LogP contribution < -0.4 is 0 Å². The van der Waals surface area contributed by atoms with Gasteiger partial charge in [0.05, 0.1) is 6.04 Å². The summed E-state index contributed by atoms with van der Waals surface area (Å²) in [6, 6.07) is 18.4. The van der Waals surface area contributed by atoms with Crippen LogP contribution in [-0.2, 0) is 10.8 Å². The quantitative estimate of drug-likeness (QED) is 0.586. The fourth-order valence-electron chi connectivity index (χ4n) is 3.42. The lowest BCUT2D eigenvalue weighted by atomic mass is 9.86. The summed E-state index contributed by atoms with van der Waals surface area (Å²) in [7, 11) is 0. The normalized spacial score (nSPS) is 18.3. The Morgan fingerprint density at radius 3 is 1.68 bits per heavy atom. The Balaban J connectivity index is 1.78. The summed E-state index contributed by atoms with van der Waals surface area (Å²) in [5, 5.41) is 0. The lowest BCUT2D eigenvalue weighted by molar-refractivity contribution is 0.589. The fraction of sp³-hybridized carbons (Fsp3) is 0.458. The maximum absolute atomic E-state index is 5.03. The maximum Gasteiger partial charge on any atom is 0.0756 e. The molecule has 2 aromatic carbocycles. The molecule has 1 atom stereocenters. The summed E-state index contributed by atoms with van der Waals surface area (Å²) in [5.41, 5.74) is 7.05. The number of rotatable bonds is 2. The van der Waals surface area contributed by atoms with Crippen LogP contribution >= 0.6 is 0 Å². The molecule has 0 saturated carbocycles. The van der Waals surface area contributed by atoms with Crippen LogP contribution in [0.1, 0.15) is 82.7 Å². The van der Waals surface area contributed by atoms with Crippen LogP contribution in [0.2, 0.25) is 0 Å². The van der Waals surface area contributed by atoms with Crippen molar-refractivity contribution in [2.45, 2.75) is 71.3 Å². The van der Waals surface area contributed by atoms with Gasteiger partial charge in [0.1, 0.15) is 0 Å². The first-order valence-corrected chi connectivity index (χ1v) is 9.43. The van der Waals surface area contributed by atoms with Gasteiger partial charge in [0, 0.05) is 5.71 Å². The highest BCUT2D eigenvalue weighted by Crippen LogP contribution is 2.33. The Morgan fingerprint density at radius 1 is 0.720 bits per heavy atom. The summed E-state index contributed by atoms with van der Waals surface area (Å²) in [6.45, 7) is 13.5. The Morgan fingerprint density at radius 2 is 1.20 bits per heavy atom. The number of hydrogen-bond donors (Lipinski definition) is 0. The fourth-order valence-corrected chi connectivity index (χ4v) is 3.42. The average Bonchev–Trinajstić information content (AvgIpc) is 3.03. The van der Waals surface area contributed by atoms with Crippen LogP contribution in [-0.4, -0.2) is 5.71 Å². The van der Waals surface area contributed by atoms with Crippen molar-refractivity contribution in [2.75, 3.05) is 0 Å². The van der Waals surface area contributed by atoms with E-state index in [-0.39, 0.29) is 10.8 Å². The van der Waals surface area contributed by atoms with E-state index in [2.05, 4.69) is 90.1 Å². The molecular formula is C24H31N. The first-order valence-electron chi connectivity index (χ1n) is 9.43. The summed E-state index contributed by atoms with van der Waals surface area (Å²) in [5.74, 6) is 0. The molecule has 1 heteroatoms. The van der Waals surface area contributed by atoms with E-state index in [4.69, 9.17) is 4.99 Å². The van der Waals surface area contributed by atoms with Crippen LogP contribution in [0, 0.1) is 0 Å². The molecule has 0 amide bonds. The Kier molecular flexibility index (Phi) is 4.62. The van der Waals surface area contributed by atoms with Crippen LogP contribution in [0.3, 0.4) is 0 Å². The number of aliphatic imine (C=N–C) groups is 1. The van der Waals surface area contributed by atoms with E-state index in [0.29, 0.717) is 6.04 Å². The third kappa shape index (κ3) is 4.03. The Labute approximate surface area is 153 Å². The van der Waals surface area contributed by atoms with Gasteiger partial charge in [-0.05, 0) is 45.9 Å². The van der Waals surface area contributed by atoms with E-state index in [1.165, 1.54) is 28.0 Å². The smallest absolute Gasteiger partial charge is 0.0756 e. The highest BCUT2D eigenvalue weighted by Gasteiger charge is 2.22. The highest BCUT2D eigenvalue weighted by molar-refractivity contribution is 6.01. The minimum Gasteiger partial charge on any atom is -0.281 e. The van der Waals surface area contributed by atoms with Crippen molar-refractivity contribution in [1.82, 2.24) is 0 Å². The predicted octanol–water partition coefficient (Wildman–Crippen LogP) is 6.61. The standard InChI is InChI=1S/C24H31N/c1-23(2,3)19-11-7-17(8-12-19)21-15-16-22(25-21)18-9-13-20(14-10-18)24(4,5)6/h7-14,21H,15-16H2,1-6H3. The molecule has 1 nitrogen and oxygen atoms in total. The van der Waals surface area contributed by atoms with Crippen molar-refractivity contribution in [1.29, 1.82) is 0 Å². The number of hydrogen-bond acceptors (Lipinski definition) is 1. The van der Waals surface area contributed by atoms with Gasteiger partial charge in [-0.25, -0.2) is 0 Å². The third-order valence-corrected chi connectivity index (χ3v) is 5.21. The summed E-state index contributed by atoms with van der Waals surface area (Å²) < 4.78 is 0. The van der Waals surface area contributed by atoms with Gasteiger partial charge in [-0.2, -0.15) is 0 Å². The molecule has 2 aromatic rings. The van der Waals surface area contributed by atoms with E-state index in [1.54, 1.807) is 0 Å². The zero-order valence-electron chi connectivity index (χ0n) is 16.6. The molecule has 1 heterocycles. The van der Waals surface area contributed by atoms with Gasteiger partial charge in [-0.1, -0.05) is 90.1 Å². The molecule has 0 aromatic heterocycles. The summed E-state index contributed by atoms with van der Waals surface area (Å²) in [6.07, 6.45) is 2.19. The molecule has 0 bridgehead atoms. The van der Waals surface area contributed by atoms with E-state index >= 15 is 0 Å². The minimum atomic E-state index is 0.202. The Bertz CT molecular complexity index is 750. The SMILES string of the molecule is CC(C)(C)c1ccc(C2=NC(c3ccc(C(C)(C)C)cc3)CC2)cc1. The lowest BCUT2D eigenvalue weighted by Crippen LogP contribution is -2.11. The van der Waals surface area contributed by atoms with Crippen molar-refractivity contribution >= 4 is 5.71 Å². The van der Waals surface area contributed by atoms with Crippen molar-refractivity contribution in [3.63, 3.8) is 0 Å². The molecule has 1 aliphatic heterocycles. The van der Waals surface area contributed by atoms with E-state index < -0.39 is 0 Å². The average molecular weight is 334 g/mol. The first kappa shape index (κ1) is 17.9. The van der Waals surface area contributed by atoms with Gasteiger partial charge >= 0.3 is 0 Å². The van der Waals surface area contributed by atoms with Gasteiger partial charge in [-0.3, -0.25) is 4.99 Å². The molecule has 0 aliphatic carbocycles. The summed E-state index contributed by atoms with van der Waals surface area (Å²) >= 11 is 0. The van der Waals surface area contributed by atoms with Gasteiger partial charge < -0.3 is 0 Å². The van der Waals surface area contributed by atoms with Crippen molar-refractivity contribution in [3.05, 3.63) is 70.8 Å². The van der Waals surface area contributed by atoms with E-state index in [1.807, 2.05) is 0 Å². The molecule has 0 fully saturated rings. The van der Waals surface area contributed by atoms with Crippen molar-refractivity contribution in [2.24, 2.45) is 4.99 Å². The van der Waals surface area contributed by atoms with Crippen LogP contribution in [0.15, 0.2) is 53.5 Å². The van der Waals surface area contributed by atoms with Gasteiger partial charge in [0.25, 0.3) is 0 Å². The van der Waals surface area contributed by atoms with Crippen molar-refractivity contribution in [3.8, 4) is 0 Å². The molecule has 0 spiro atoms. The van der Waals surface area contributed by atoms with Gasteiger partial charge in [0.2, 0.25) is 0 Å². The monoisotopic (exact) mass is 333 g/mol. The molecule has 25 heavy (non-hydrogen) atoms. The van der Waals surface area contributed by atoms with Crippen LogP contribution in [0.4, 0.5) is 0 Å². The lowest BCUT2D eigenvalue weighted by Gasteiger charge is -2.19. The molecule has 132 valence electrons. The molecular weight excluding hydrogens is 302 g/mol. The molecule has 0 saturated heterocycles. The Hall–Kier alpha value is -1.89. The zero-order valence-corrected chi connectivity index (χ0v) is 16.6. The third-order valence-electron chi connectivity index (χ3n) is 5.21. The second kappa shape index (κ2) is 6.44. The molecule has 1 unspecified atom stereocenters. The zero-order chi connectivity index (χ0) is 18.2. The highest BCUT2D eigenvalue weighted by atomic mass is 14.8. The molecule has 0 radical (unpaired) electrons. The second-order valence-electron chi connectivity index (χ2n) is 9.33. The van der Waals surface area contributed by atoms with E-state index in [0.717, 1.165) is 12.8 Å². The summed E-state index contributed by atoms with van der Waals surface area (Å²) in [4.78, 5) is 5.03. The molecule has 3 rings (SSSR count). The minimum absolute atomic E-state index is 0.202.